The number of carbonyl (C=O) groups excluding carboxylic acids is 1. The van der Waals surface area contributed by atoms with Crippen LogP contribution in [0.25, 0.3) is 0 Å². The van der Waals surface area contributed by atoms with Gasteiger partial charge in [-0.3, -0.25) is 4.79 Å². The molecule has 1 amide bonds. The summed E-state index contributed by atoms with van der Waals surface area (Å²) in [6.45, 7) is 2.21. The van der Waals surface area contributed by atoms with Gasteiger partial charge in [0.05, 0.1) is 5.75 Å². The average Bonchev–Trinajstić information content (AvgIpc) is 3.06. The summed E-state index contributed by atoms with van der Waals surface area (Å²) >= 11 is 7.74. The van der Waals surface area contributed by atoms with E-state index in [1.54, 1.807) is 17.8 Å². The molecule has 1 N–H and O–H groups in total. The van der Waals surface area contributed by atoms with Crippen molar-refractivity contribution in [2.45, 2.75) is 50.2 Å². The Bertz CT molecular complexity index is 715. The van der Waals surface area contributed by atoms with Gasteiger partial charge in [-0.2, -0.15) is 0 Å². The highest BCUT2D eigenvalue weighted by molar-refractivity contribution is 7.97. The second-order valence-electron chi connectivity index (χ2n) is 6.73. The molecule has 0 radical (unpaired) electrons. The van der Waals surface area contributed by atoms with Gasteiger partial charge in [-0.05, 0) is 48.6 Å². The minimum absolute atomic E-state index is 0.0927. The van der Waals surface area contributed by atoms with E-state index in [2.05, 4.69) is 18.3 Å². The van der Waals surface area contributed by atoms with E-state index in [0.717, 1.165) is 28.7 Å². The third-order valence-electron chi connectivity index (χ3n) is 4.72. The molecule has 3 rings (SSSR count). The molecule has 25 heavy (non-hydrogen) atoms. The van der Waals surface area contributed by atoms with Crippen molar-refractivity contribution in [1.82, 2.24) is 5.32 Å². The van der Waals surface area contributed by atoms with Gasteiger partial charge in [0.1, 0.15) is 5.76 Å². The van der Waals surface area contributed by atoms with Gasteiger partial charge in [0, 0.05) is 16.8 Å². The van der Waals surface area contributed by atoms with E-state index in [1.165, 1.54) is 24.8 Å². The normalized spacial score (nSPS) is 20.4. The number of nitrogens with one attached hydrogen (secondary N) is 1. The second kappa shape index (κ2) is 8.81. The molecule has 1 aromatic heterocycles. The van der Waals surface area contributed by atoms with Crippen molar-refractivity contribution < 1.29 is 9.21 Å². The number of furan rings is 1. The van der Waals surface area contributed by atoms with Crippen molar-refractivity contribution >= 4 is 29.3 Å². The zero-order chi connectivity index (χ0) is 17.6. The minimum Gasteiger partial charge on any atom is -0.455 e. The number of halogens is 1. The van der Waals surface area contributed by atoms with Crippen molar-refractivity contribution in [2.75, 3.05) is 0 Å². The van der Waals surface area contributed by atoms with Crippen molar-refractivity contribution in [1.29, 1.82) is 0 Å². The van der Waals surface area contributed by atoms with Crippen molar-refractivity contribution in [3.8, 4) is 0 Å². The van der Waals surface area contributed by atoms with Crippen molar-refractivity contribution in [3.05, 3.63) is 58.5 Å². The lowest BCUT2D eigenvalue weighted by molar-refractivity contribution is 0.0880. The molecule has 1 aliphatic rings. The molecule has 0 saturated heterocycles. The van der Waals surface area contributed by atoms with Gasteiger partial charge in [-0.15, -0.1) is 11.8 Å². The third-order valence-corrected chi connectivity index (χ3v) is 5.98. The molecule has 1 aliphatic carbocycles. The van der Waals surface area contributed by atoms with Gasteiger partial charge in [-0.1, -0.05) is 43.5 Å². The summed E-state index contributed by atoms with van der Waals surface area (Å²) in [6.07, 6.45) is 4.71. The van der Waals surface area contributed by atoms with Crippen LogP contribution in [0.4, 0.5) is 0 Å². The fourth-order valence-corrected chi connectivity index (χ4v) is 4.33. The first kappa shape index (κ1) is 18.4. The number of hydrogen-bond donors (Lipinski definition) is 1. The molecule has 5 heteroatoms. The van der Waals surface area contributed by atoms with Crippen LogP contribution in [-0.4, -0.2) is 11.9 Å². The largest absolute Gasteiger partial charge is 0.455 e. The summed E-state index contributed by atoms with van der Waals surface area (Å²) in [5, 5.41) is 3.89. The van der Waals surface area contributed by atoms with Crippen LogP contribution in [-0.2, 0) is 11.5 Å². The Morgan fingerprint density at radius 3 is 2.88 bits per heavy atom. The second-order valence-corrected chi connectivity index (χ2v) is 8.15. The number of amides is 1. The monoisotopic (exact) mass is 377 g/mol. The number of carbonyl (C=O) groups is 1. The van der Waals surface area contributed by atoms with Gasteiger partial charge in [0.25, 0.3) is 5.91 Å². The zero-order valence-corrected chi connectivity index (χ0v) is 16.0. The molecule has 1 aromatic carbocycles. The summed E-state index contributed by atoms with van der Waals surface area (Å²) in [5.41, 5.74) is 1.19. The van der Waals surface area contributed by atoms with E-state index in [9.17, 15) is 4.79 Å². The molecule has 0 aliphatic heterocycles. The molecule has 0 spiro atoms. The average molecular weight is 378 g/mol. The van der Waals surface area contributed by atoms with E-state index >= 15 is 0 Å². The molecule has 0 unspecified atom stereocenters. The lowest BCUT2D eigenvalue weighted by Crippen LogP contribution is -2.40. The highest BCUT2D eigenvalue weighted by Gasteiger charge is 2.24. The maximum atomic E-state index is 12.4. The maximum Gasteiger partial charge on any atom is 0.287 e. The van der Waals surface area contributed by atoms with Gasteiger partial charge in [0.2, 0.25) is 0 Å². The molecule has 134 valence electrons. The molecular weight excluding hydrogens is 354 g/mol. The fourth-order valence-electron chi connectivity index (χ4n) is 3.24. The fraction of sp³-hybridized carbons (Fsp3) is 0.450. The highest BCUT2D eigenvalue weighted by Crippen LogP contribution is 2.25. The number of hydrogen-bond acceptors (Lipinski definition) is 3. The Balaban J connectivity index is 1.49. The number of benzene rings is 1. The molecular formula is C20H24ClNO2S. The predicted octanol–water partition coefficient (Wildman–Crippen LogP) is 5.67. The predicted molar refractivity (Wildman–Crippen MR) is 104 cm³/mol. The Hall–Kier alpha value is -1.39. The Kier molecular flexibility index (Phi) is 6.49. The van der Waals surface area contributed by atoms with Gasteiger partial charge in [-0.25, -0.2) is 0 Å². The van der Waals surface area contributed by atoms with Gasteiger partial charge < -0.3 is 9.73 Å². The third kappa shape index (κ3) is 5.29. The molecule has 3 nitrogen and oxygen atoms in total. The maximum absolute atomic E-state index is 12.4. The topological polar surface area (TPSA) is 42.2 Å². The molecule has 1 fully saturated rings. The molecule has 0 bridgehead atoms. The summed E-state index contributed by atoms with van der Waals surface area (Å²) in [4.78, 5) is 12.4. The SMILES string of the molecule is C[C@H]1CCCC[C@H]1NC(=O)c1ccc(CSCc2cccc(Cl)c2)o1. The molecule has 2 atom stereocenters. The van der Waals surface area contributed by atoms with Crippen LogP contribution < -0.4 is 5.32 Å². The van der Waals surface area contributed by atoms with Crippen molar-refractivity contribution in [2.24, 2.45) is 5.92 Å². The van der Waals surface area contributed by atoms with E-state index in [-0.39, 0.29) is 11.9 Å². The van der Waals surface area contributed by atoms with Crippen LogP contribution in [0.15, 0.2) is 40.8 Å². The van der Waals surface area contributed by atoms with Crippen LogP contribution in [0.1, 0.15) is 54.5 Å². The quantitative estimate of drug-likeness (QED) is 0.704. The first-order valence-corrected chi connectivity index (χ1v) is 10.4. The first-order valence-electron chi connectivity index (χ1n) is 8.83. The summed E-state index contributed by atoms with van der Waals surface area (Å²) in [6, 6.07) is 11.8. The summed E-state index contributed by atoms with van der Waals surface area (Å²) in [5.74, 6) is 3.29. The Labute approximate surface area is 158 Å². The number of thioether (sulfide) groups is 1. The Morgan fingerprint density at radius 1 is 1.24 bits per heavy atom. The molecule has 1 saturated carbocycles. The molecule has 1 heterocycles. The van der Waals surface area contributed by atoms with Crippen LogP contribution in [0, 0.1) is 5.92 Å². The van der Waals surface area contributed by atoms with Gasteiger partial charge in [0.15, 0.2) is 5.76 Å². The van der Waals surface area contributed by atoms with E-state index in [4.69, 9.17) is 16.0 Å². The number of rotatable bonds is 6. The van der Waals surface area contributed by atoms with Crippen LogP contribution in [0.5, 0.6) is 0 Å². The zero-order valence-electron chi connectivity index (χ0n) is 14.5. The summed E-state index contributed by atoms with van der Waals surface area (Å²) < 4.78 is 5.72. The van der Waals surface area contributed by atoms with Gasteiger partial charge >= 0.3 is 0 Å². The van der Waals surface area contributed by atoms with E-state index in [0.29, 0.717) is 11.7 Å². The first-order chi connectivity index (χ1) is 12.1. The minimum atomic E-state index is -0.0927. The lowest BCUT2D eigenvalue weighted by Gasteiger charge is -2.29. The van der Waals surface area contributed by atoms with Crippen LogP contribution in [0.2, 0.25) is 5.02 Å². The smallest absolute Gasteiger partial charge is 0.287 e. The lowest BCUT2D eigenvalue weighted by atomic mass is 9.86. The summed E-state index contributed by atoms with van der Waals surface area (Å²) in [7, 11) is 0. The van der Waals surface area contributed by atoms with E-state index in [1.807, 2.05) is 24.3 Å². The van der Waals surface area contributed by atoms with E-state index < -0.39 is 0 Å². The Morgan fingerprint density at radius 2 is 2.08 bits per heavy atom. The standard InChI is InChI=1S/C20H24ClNO2S/c1-14-5-2-3-8-18(14)22-20(23)19-10-9-17(24-19)13-25-12-15-6-4-7-16(21)11-15/h4,6-7,9-11,14,18H,2-3,5,8,12-13H2,1H3,(H,22,23)/t14-,18+/m0/s1. The van der Waals surface area contributed by atoms with Crippen LogP contribution >= 0.6 is 23.4 Å². The highest BCUT2D eigenvalue weighted by atomic mass is 35.5. The van der Waals surface area contributed by atoms with Crippen LogP contribution in [0.3, 0.4) is 0 Å². The van der Waals surface area contributed by atoms with Crippen molar-refractivity contribution in [3.63, 3.8) is 0 Å². The molecule has 2 aromatic rings.